The molecule has 0 aromatic heterocycles. The lowest BCUT2D eigenvalue weighted by Gasteiger charge is -2.26. The summed E-state index contributed by atoms with van der Waals surface area (Å²) in [6.45, 7) is 0.792. The Morgan fingerprint density at radius 3 is 2.09 bits per heavy atom. The Hall–Kier alpha value is -0.130. The Balaban J connectivity index is 2.53. The van der Waals surface area contributed by atoms with Crippen molar-refractivity contribution in [3.8, 4) is 0 Å². The number of piperidine rings is 1. The average molecular weight is 178 g/mol. The summed E-state index contributed by atoms with van der Waals surface area (Å²) in [6.07, 6.45) is 1.52. The van der Waals surface area contributed by atoms with Crippen LogP contribution in [0.2, 0.25) is 0 Å². The smallest absolute Gasteiger partial charge is 0.211 e. The zero-order valence-electron chi connectivity index (χ0n) is 6.49. The fourth-order valence-electron chi connectivity index (χ4n) is 1.16. The van der Waals surface area contributed by atoms with Gasteiger partial charge in [-0.2, -0.15) is 0 Å². The molecule has 1 radical (unpaired) electrons. The third-order valence-electron chi connectivity index (χ3n) is 1.87. The number of sulfonamides is 1. The normalized spacial score (nSPS) is 23.8. The summed E-state index contributed by atoms with van der Waals surface area (Å²) in [5.41, 5.74) is 0. The van der Waals surface area contributed by atoms with Crippen LogP contribution in [0.5, 0.6) is 0 Å². The molecule has 4 nitrogen and oxygen atoms in total. The first-order chi connectivity index (χ1) is 5.00. The second-order valence-corrected chi connectivity index (χ2v) is 4.84. The van der Waals surface area contributed by atoms with Crippen LogP contribution in [0.15, 0.2) is 0 Å². The molecular weight excluding hydrogens is 166 g/mol. The van der Waals surface area contributed by atoms with Crippen LogP contribution in [-0.2, 0) is 15.1 Å². The van der Waals surface area contributed by atoms with E-state index in [4.69, 9.17) is 0 Å². The lowest BCUT2D eigenvalue weighted by molar-refractivity contribution is 0.0465. The predicted octanol–water partition coefficient (Wildman–Crippen LogP) is -0.159. The summed E-state index contributed by atoms with van der Waals surface area (Å²) in [5.74, 6) is 0. The van der Waals surface area contributed by atoms with E-state index in [1.807, 2.05) is 0 Å². The number of hydrogen-bond acceptors (Lipinski definition) is 2. The van der Waals surface area contributed by atoms with Crippen molar-refractivity contribution in [2.45, 2.75) is 18.9 Å². The van der Waals surface area contributed by atoms with Crippen LogP contribution < -0.4 is 0 Å². The molecule has 65 valence electrons. The second kappa shape index (κ2) is 3.08. The number of rotatable bonds is 1. The molecule has 5 heteroatoms. The van der Waals surface area contributed by atoms with Gasteiger partial charge >= 0.3 is 0 Å². The van der Waals surface area contributed by atoms with Crippen molar-refractivity contribution in [2.75, 3.05) is 19.3 Å². The van der Waals surface area contributed by atoms with Crippen LogP contribution in [0.1, 0.15) is 12.8 Å². The van der Waals surface area contributed by atoms with Gasteiger partial charge in [0.05, 0.1) is 12.4 Å². The van der Waals surface area contributed by atoms with Crippen molar-refractivity contribution < 1.29 is 13.5 Å². The highest BCUT2D eigenvalue weighted by Gasteiger charge is 2.23. The minimum absolute atomic E-state index is 0.396. The van der Waals surface area contributed by atoms with Crippen LogP contribution in [0.4, 0.5) is 0 Å². The monoisotopic (exact) mass is 178 g/mol. The van der Waals surface area contributed by atoms with Crippen molar-refractivity contribution >= 4 is 10.0 Å². The van der Waals surface area contributed by atoms with E-state index in [-0.39, 0.29) is 0 Å². The van der Waals surface area contributed by atoms with Gasteiger partial charge < -0.3 is 0 Å². The molecule has 0 aromatic rings. The molecular formula is C6H12NO3S. The van der Waals surface area contributed by atoms with E-state index in [0.29, 0.717) is 25.9 Å². The zero-order chi connectivity index (χ0) is 8.48. The standard InChI is InChI=1S/C6H12NO3S/c1-11(9,10)7-4-2-6(8)3-5-7/h6H,2-5H2,1H3. The maximum atomic E-state index is 10.9. The largest absolute Gasteiger partial charge is 0.233 e. The van der Waals surface area contributed by atoms with Gasteiger partial charge in [0, 0.05) is 13.1 Å². The fourth-order valence-corrected chi connectivity index (χ4v) is 2.04. The minimum Gasteiger partial charge on any atom is -0.233 e. The molecule has 1 rings (SSSR count). The van der Waals surface area contributed by atoms with Crippen molar-refractivity contribution in [2.24, 2.45) is 0 Å². The van der Waals surface area contributed by atoms with E-state index in [2.05, 4.69) is 0 Å². The Morgan fingerprint density at radius 1 is 1.27 bits per heavy atom. The van der Waals surface area contributed by atoms with Crippen LogP contribution in [-0.4, -0.2) is 38.2 Å². The molecule has 0 bridgehead atoms. The predicted molar refractivity (Wildman–Crippen MR) is 40.1 cm³/mol. The molecule has 0 aliphatic carbocycles. The summed E-state index contributed by atoms with van der Waals surface area (Å²) in [7, 11) is -3.05. The third kappa shape index (κ3) is 2.43. The molecule has 1 saturated heterocycles. The maximum absolute atomic E-state index is 10.9. The van der Waals surface area contributed by atoms with Gasteiger partial charge in [-0.3, -0.25) is 0 Å². The minimum atomic E-state index is -3.05. The van der Waals surface area contributed by atoms with Gasteiger partial charge in [-0.05, 0) is 12.8 Å². The van der Waals surface area contributed by atoms with E-state index in [0.717, 1.165) is 0 Å². The highest BCUT2D eigenvalue weighted by atomic mass is 32.2. The van der Waals surface area contributed by atoms with Crippen LogP contribution in [0, 0.1) is 0 Å². The molecule has 1 fully saturated rings. The molecule has 0 atom stereocenters. The van der Waals surface area contributed by atoms with Gasteiger partial charge in [-0.15, -0.1) is 0 Å². The van der Waals surface area contributed by atoms with Gasteiger partial charge in [-0.1, -0.05) is 0 Å². The molecule has 0 aromatic carbocycles. The Morgan fingerprint density at radius 2 is 1.73 bits per heavy atom. The third-order valence-corrected chi connectivity index (χ3v) is 3.17. The second-order valence-electron chi connectivity index (χ2n) is 2.86. The average Bonchev–Trinajstić information content (AvgIpc) is 1.86. The van der Waals surface area contributed by atoms with E-state index >= 15 is 0 Å². The van der Waals surface area contributed by atoms with Gasteiger partial charge in [-0.25, -0.2) is 17.8 Å². The van der Waals surface area contributed by atoms with E-state index in [1.54, 1.807) is 0 Å². The summed E-state index contributed by atoms with van der Waals surface area (Å²) in [6, 6.07) is 0. The van der Waals surface area contributed by atoms with Gasteiger partial charge in [0.1, 0.15) is 0 Å². The lowest BCUT2D eigenvalue weighted by Crippen LogP contribution is -2.38. The van der Waals surface area contributed by atoms with E-state index in [1.165, 1.54) is 10.6 Å². The van der Waals surface area contributed by atoms with Gasteiger partial charge in [0.25, 0.3) is 0 Å². The Bertz CT molecular complexity index is 216. The Kier molecular flexibility index (Phi) is 2.51. The van der Waals surface area contributed by atoms with Gasteiger partial charge in [0.15, 0.2) is 0 Å². The van der Waals surface area contributed by atoms with E-state index < -0.39 is 16.1 Å². The number of hydrogen-bond donors (Lipinski definition) is 0. The van der Waals surface area contributed by atoms with E-state index in [9.17, 15) is 13.5 Å². The molecule has 11 heavy (non-hydrogen) atoms. The van der Waals surface area contributed by atoms with Crippen LogP contribution >= 0.6 is 0 Å². The molecule has 0 saturated carbocycles. The van der Waals surface area contributed by atoms with Crippen molar-refractivity contribution in [1.29, 1.82) is 0 Å². The molecule has 1 aliphatic rings. The number of nitrogens with zero attached hydrogens (tertiary/aromatic N) is 1. The topological polar surface area (TPSA) is 57.3 Å². The van der Waals surface area contributed by atoms with Crippen molar-refractivity contribution in [3.63, 3.8) is 0 Å². The highest BCUT2D eigenvalue weighted by Crippen LogP contribution is 2.12. The van der Waals surface area contributed by atoms with Gasteiger partial charge in [0.2, 0.25) is 10.0 Å². The van der Waals surface area contributed by atoms with Crippen LogP contribution in [0.3, 0.4) is 0 Å². The molecule has 0 unspecified atom stereocenters. The zero-order valence-corrected chi connectivity index (χ0v) is 7.30. The highest BCUT2D eigenvalue weighted by molar-refractivity contribution is 7.88. The van der Waals surface area contributed by atoms with Crippen molar-refractivity contribution in [3.05, 3.63) is 0 Å². The van der Waals surface area contributed by atoms with Crippen molar-refractivity contribution in [1.82, 2.24) is 4.31 Å². The SMILES string of the molecule is CS(=O)(=O)N1CCC([O])CC1. The first-order valence-corrected chi connectivity index (χ1v) is 5.46. The quantitative estimate of drug-likeness (QED) is 0.560. The first-order valence-electron chi connectivity index (χ1n) is 3.61. The summed E-state index contributed by atoms with van der Waals surface area (Å²) < 4.78 is 23.2. The summed E-state index contributed by atoms with van der Waals surface area (Å²) >= 11 is 0. The summed E-state index contributed by atoms with van der Waals surface area (Å²) in [5, 5.41) is 10.8. The van der Waals surface area contributed by atoms with Crippen LogP contribution in [0.25, 0.3) is 0 Å². The maximum Gasteiger partial charge on any atom is 0.211 e. The molecule has 1 heterocycles. The molecule has 0 spiro atoms. The first kappa shape index (κ1) is 8.96. The Labute approximate surface area is 66.9 Å². The molecule has 1 aliphatic heterocycles. The summed E-state index contributed by atoms with van der Waals surface area (Å²) in [4.78, 5) is 0. The lowest BCUT2D eigenvalue weighted by atomic mass is 10.1. The molecule has 0 N–H and O–H groups in total. The molecule has 0 amide bonds. The fraction of sp³-hybridized carbons (Fsp3) is 1.00.